The second-order valence-corrected chi connectivity index (χ2v) is 8.24. The van der Waals surface area contributed by atoms with E-state index in [4.69, 9.17) is 18.8 Å². The summed E-state index contributed by atoms with van der Waals surface area (Å²) in [6.45, 7) is 1.51. The Balaban J connectivity index is 2.05. The fourth-order valence-corrected chi connectivity index (χ4v) is 4.37. The van der Waals surface area contributed by atoms with E-state index in [0.29, 0.717) is 12.0 Å². The molecule has 0 aliphatic heterocycles. The van der Waals surface area contributed by atoms with Crippen LogP contribution < -0.4 is 0 Å². The van der Waals surface area contributed by atoms with Gasteiger partial charge in [0.15, 0.2) is 0 Å². The number of rotatable bonds is 9. The van der Waals surface area contributed by atoms with Crippen LogP contribution in [-0.4, -0.2) is 16.4 Å². The van der Waals surface area contributed by atoms with Crippen molar-refractivity contribution in [3.05, 3.63) is 71.8 Å². The van der Waals surface area contributed by atoms with Crippen molar-refractivity contribution in [2.75, 3.05) is 6.61 Å². The Labute approximate surface area is 146 Å². The van der Waals surface area contributed by atoms with Crippen LogP contribution in [0.3, 0.4) is 0 Å². The summed E-state index contributed by atoms with van der Waals surface area (Å²) >= 11 is 0. The SMILES string of the molecule is CC(OP(=O)(OCCc1ccccc1)OP(=O)(O)O)c1ccccc1. The highest BCUT2D eigenvalue weighted by Gasteiger charge is 2.37. The van der Waals surface area contributed by atoms with E-state index in [2.05, 4.69) is 4.31 Å². The van der Waals surface area contributed by atoms with Gasteiger partial charge in [-0.05, 0) is 24.5 Å². The van der Waals surface area contributed by atoms with Crippen LogP contribution in [-0.2, 0) is 28.9 Å². The third-order valence-electron chi connectivity index (χ3n) is 3.25. The molecule has 136 valence electrons. The quantitative estimate of drug-likeness (QED) is 0.622. The standard InChI is InChI=1S/C16H20O7P2/c1-14(16-10-6-3-7-11-16)22-25(20,23-24(17,18)19)21-13-12-15-8-4-2-5-9-15/h2-11,14H,12-13H2,1H3,(H2,17,18,19). The normalized spacial score (nSPS) is 15.5. The van der Waals surface area contributed by atoms with Gasteiger partial charge in [-0.2, -0.15) is 4.31 Å². The smallest absolute Gasteiger partial charge is 0.302 e. The van der Waals surface area contributed by atoms with Gasteiger partial charge in [0.25, 0.3) is 0 Å². The molecule has 2 aromatic carbocycles. The van der Waals surface area contributed by atoms with E-state index in [1.807, 2.05) is 30.3 Å². The zero-order valence-electron chi connectivity index (χ0n) is 13.6. The van der Waals surface area contributed by atoms with Gasteiger partial charge in [-0.3, -0.25) is 9.05 Å². The van der Waals surface area contributed by atoms with Crippen LogP contribution in [0.1, 0.15) is 24.2 Å². The lowest BCUT2D eigenvalue weighted by molar-refractivity contribution is 0.108. The number of hydrogen-bond acceptors (Lipinski definition) is 5. The number of hydrogen-bond donors (Lipinski definition) is 2. The van der Waals surface area contributed by atoms with E-state index in [-0.39, 0.29) is 6.61 Å². The van der Waals surface area contributed by atoms with E-state index in [1.165, 1.54) is 0 Å². The molecule has 2 unspecified atom stereocenters. The van der Waals surface area contributed by atoms with Crippen molar-refractivity contribution in [1.82, 2.24) is 0 Å². The molecule has 0 bridgehead atoms. The Kier molecular flexibility index (Phi) is 7.11. The minimum Gasteiger partial charge on any atom is -0.302 e. The first kappa shape index (κ1) is 20.0. The van der Waals surface area contributed by atoms with Crippen molar-refractivity contribution in [1.29, 1.82) is 0 Å². The highest BCUT2D eigenvalue weighted by molar-refractivity contribution is 7.61. The molecular weight excluding hydrogens is 366 g/mol. The van der Waals surface area contributed by atoms with Gasteiger partial charge in [0.2, 0.25) is 0 Å². The lowest BCUT2D eigenvalue weighted by atomic mass is 10.1. The zero-order chi connectivity index (χ0) is 18.3. The van der Waals surface area contributed by atoms with Crippen molar-refractivity contribution in [2.45, 2.75) is 19.4 Å². The second-order valence-electron chi connectivity index (χ2n) is 5.25. The molecule has 25 heavy (non-hydrogen) atoms. The molecule has 0 saturated carbocycles. The maximum atomic E-state index is 12.6. The van der Waals surface area contributed by atoms with Gasteiger partial charge in [-0.1, -0.05) is 60.7 Å². The molecule has 0 fully saturated rings. The predicted molar refractivity (Wildman–Crippen MR) is 92.8 cm³/mol. The molecule has 0 aromatic heterocycles. The van der Waals surface area contributed by atoms with Crippen molar-refractivity contribution in [2.24, 2.45) is 0 Å². The van der Waals surface area contributed by atoms with Crippen molar-refractivity contribution >= 4 is 15.6 Å². The van der Waals surface area contributed by atoms with Crippen LogP contribution in [0.4, 0.5) is 0 Å². The first-order valence-electron chi connectivity index (χ1n) is 7.56. The molecule has 2 rings (SSSR count). The van der Waals surface area contributed by atoms with Gasteiger partial charge in [0.05, 0.1) is 12.7 Å². The van der Waals surface area contributed by atoms with Gasteiger partial charge < -0.3 is 9.79 Å². The Morgan fingerprint density at radius 2 is 1.52 bits per heavy atom. The first-order valence-corrected chi connectivity index (χ1v) is 10.6. The van der Waals surface area contributed by atoms with Crippen molar-refractivity contribution < 1.29 is 32.3 Å². The van der Waals surface area contributed by atoms with Crippen molar-refractivity contribution in [3.63, 3.8) is 0 Å². The van der Waals surface area contributed by atoms with Crippen LogP contribution in [0, 0.1) is 0 Å². The molecule has 0 saturated heterocycles. The van der Waals surface area contributed by atoms with Gasteiger partial charge in [-0.15, -0.1) is 0 Å². The largest absolute Gasteiger partial charge is 0.484 e. The zero-order valence-corrected chi connectivity index (χ0v) is 15.4. The molecule has 0 spiro atoms. The summed E-state index contributed by atoms with van der Waals surface area (Å²) in [5.74, 6) is 0. The first-order chi connectivity index (χ1) is 11.8. The number of phosphoric ester groups is 1. The summed E-state index contributed by atoms with van der Waals surface area (Å²) < 4.78 is 38.5. The molecular formula is C16H20O7P2. The molecule has 0 amide bonds. The molecule has 2 N–H and O–H groups in total. The third kappa shape index (κ3) is 7.22. The van der Waals surface area contributed by atoms with Crippen LogP contribution in [0.25, 0.3) is 0 Å². The van der Waals surface area contributed by atoms with Crippen LogP contribution >= 0.6 is 15.6 Å². The Hall–Kier alpha value is -1.30. The summed E-state index contributed by atoms with van der Waals surface area (Å²) in [6.07, 6.45) is -0.353. The van der Waals surface area contributed by atoms with Gasteiger partial charge in [0, 0.05) is 0 Å². The van der Waals surface area contributed by atoms with Crippen LogP contribution in [0.5, 0.6) is 0 Å². The van der Waals surface area contributed by atoms with Crippen LogP contribution in [0.2, 0.25) is 0 Å². The topological polar surface area (TPSA) is 102 Å². The minimum atomic E-state index is -5.06. The number of phosphoric acid groups is 2. The molecule has 0 aliphatic carbocycles. The van der Waals surface area contributed by atoms with Gasteiger partial charge >= 0.3 is 15.6 Å². The van der Waals surface area contributed by atoms with Gasteiger partial charge in [0.1, 0.15) is 0 Å². The molecule has 0 heterocycles. The molecule has 2 atom stereocenters. The van der Waals surface area contributed by atoms with E-state index in [0.717, 1.165) is 5.56 Å². The molecule has 9 heteroatoms. The van der Waals surface area contributed by atoms with E-state index < -0.39 is 21.7 Å². The second kappa shape index (κ2) is 8.88. The third-order valence-corrected chi connectivity index (χ3v) is 5.97. The Morgan fingerprint density at radius 1 is 0.960 bits per heavy atom. The average molecular weight is 386 g/mol. The fraction of sp³-hybridized carbons (Fsp3) is 0.250. The highest BCUT2D eigenvalue weighted by Crippen LogP contribution is 2.63. The Bertz CT molecular complexity index is 746. The Morgan fingerprint density at radius 3 is 2.08 bits per heavy atom. The monoisotopic (exact) mass is 386 g/mol. The van der Waals surface area contributed by atoms with Crippen LogP contribution in [0.15, 0.2) is 60.7 Å². The summed E-state index contributed by atoms with van der Waals surface area (Å²) in [7, 11) is -9.52. The maximum absolute atomic E-state index is 12.6. The summed E-state index contributed by atoms with van der Waals surface area (Å²) in [5, 5.41) is 0. The van der Waals surface area contributed by atoms with E-state index in [9.17, 15) is 9.13 Å². The molecule has 0 aliphatic rings. The van der Waals surface area contributed by atoms with E-state index in [1.54, 1.807) is 37.3 Å². The average Bonchev–Trinajstić information content (AvgIpc) is 2.54. The molecule has 2 aromatic rings. The predicted octanol–water partition coefficient (Wildman–Crippen LogP) is 4.24. The fourth-order valence-electron chi connectivity index (χ4n) is 2.10. The number of benzene rings is 2. The van der Waals surface area contributed by atoms with Gasteiger partial charge in [-0.25, -0.2) is 9.13 Å². The summed E-state index contributed by atoms with van der Waals surface area (Å²) in [4.78, 5) is 18.0. The maximum Gasteiger partial charge on any atom is 0.484 e. The highest BCUT2D eigenvalue weighted by atomic mass is 31.3. The van der Waals surface area contributed by atoms with Crippen molar-refractivity contribution in [3.8, 4) is 0 Å². The summed E-state index contributed by atoms with van der Waals surface area (Å²) in [5.41, 5.74) is 1.59. The molecule has 0 radical (unpaired) electrons. The lowest BCUT2D eigenvalue weighted by Crippen LogP contribution is -2.06. The minimum absolute atomic E-state index is 0.0806. The van der Waals surface area contributed by atoms with E-state index >= 15 is 0 Å². The summed E-state index contributed by atoms with van der Waals surface area (Å²) in [6, 6.07) is 18.0. The molecule has 7 nitrogen and oxygen atoms in total. The lowest BCUT2D eigenvalue weighted by Gasteiger charge is -2.22.